The molecule has 0 aliphatic rings. The highest BCUT2D eigenvalue weighted by atomic mass is 19.1. The van der Waals surface area contributed by atoms with Gasteiger partial charge in [0.1, 0.15) is 0 Å². The molecule has 106 valence electrons. The maximum atomic E-state index is 13.6. The maximum absolute atomic E-state index is 13.6. The van der Waals surface area contributed by atoms with Crippen LogP contribution in [0.25, 0.3) is 0 Å². The summed E-state index contributed by atoms with van der Waals surface area (Å²) in [6.07, 6.45) is 1.16. The van der Waals surface area contributed by atoms with Gasteiger partial charge < -0.3 is 10.6 Å². The molecule has 20 heavy (non-hydrogen) atoms. The van der Waals surface area contributed by atoms with Gasteiger partial charge in [0.2, 0.25) is 5.95 Å². The lowest BCUT2D eigenvalue weighted by molar-refractivity contribution is 0.617. The number of anilines is 2. The van der Waals surface area contributed by atoms with Gasteiger partial charge in [-0.25, -0.2) is 9.37 Å². The fourth-order valence-electron chi connectivity index (χ4n) is 1.82. The molecular formula is C15H19FN4. The van der Waals surface area contributed by atoms with Crippen LogP contribution in [-0.4, -0.2) is 17.0 Å². The molecule has 1 heterocycles. The van der Waals surface area contributed by atoms with Crippen LogP contribution in [0.1, 0.15) is 30.9 Å². The Morgan fingerprint density at radius 1 is 1.20 bits per heavy atom. The molecule has 2 N–H and O–H groups in total. The number of nitrogens with one attached hydrogen (secondary N) is 2. The van der Waals surface area contributed by atoms with Gasteiger partial charge >= 0.3 is 0 Å². The predicted molar refractivity (Wildman–Crippen MR) is 79.4 cm³/mol. The minimum absolute atomic E-state index is 0.206. The fraction of sp³-hybridized carbons (Fsp3) is 0.333. The summed E-state index contributed by atoms with van der Waals surface area (Å²) in [6.45, 7) is 4.83. The predicted octanol–water partition coefficient (Wildman–Crippen LogP) is 3.39. The largest absolute Gasteiger partial charge is 0.363 e. The number of benzene rings is 1. The number of hydrogen-bond acceptors (Lipinski definition) is 4. The number of rotatable bonds is 5. The summed E-state index contributed by atoms with van der Waals surface area (Å²) < 4.78 is 13.6. The molecule has 5 heteroatoms. The van der Waals surface area contributed by atoms with Crippen molar-refractivity contribution >= 4 is 11.8 Å². The van der Waals surface area contributed by atoms with Gasteiger partial charge in [-0.2, -0.15) is 4.98 Å². The van der Waals surface area contributed by atoms with E-state index in [9.17, 15) is 4.39 Å². The fourth-order valence-corrected chi connectivity index (χ4v) is 1.82. The van der Waals surface area contributed by atoms with Crippen molar-refractivity contribution in [1.82, 2.24) is 9.97 Å². The topological polar surface area (TPSA) is 49.8 Å². The third kappa shape index (κ3) is 3.44. The van der Waals surface area contributed by atoms with Crippen LogP contribution in [0.3, 0.4) is 0 Å². The van der Waals surface area contributed by atoms with Gasteiger partial charge in [0, 0.05) is 13.6 Å². The van der Waals surface area contributed by atoms with E-state index in [1.54, 1.807) is 7.05 Å². The van der Waals surface area contributed by atoms with Gasteiger partial charge in [0.15, 0.2) is 11.6 Å². The molecule has 0 spiro atoms. The van der Waals surface area contributed by atoms with Crippen molar-refractivity contribution in [2.45, 2.75) is 26.3 Å². The second kappa shape index (κ2) is 6.32. The van der Waals surface area contributed by atoms with E-state index in [1.165, 1.54) is 5.56 Å². The first-order chi connectivity index (χ1) is 9.60. The highest BCUT2D eigenvalue weighted by Gasteiger charge is 2.06. The Bertz CT molecular complexity index is 567. The summed E-state index contributed by atoms with van der Waals surface area (Å²) in [5, 5.41) is 5.77. The zero-order valence-electron chi connectivity index (χ0n) is 11.9. The normalized spacial score (nSPS) is 10.7. The minimum Gasteiger partial charge on any atom is -0.363 e. The average Bonchev–Trinajstić information content (AvgIpc) is 2.47. The molecule has 0 amide bonds. The molecular weight excluding hydrogens is 255 g/mol. The summed E-state index contributed by atoms with van der Waals surface area (Å²) in [4.78, 5) is 7.85. The second-order valence-electron chi connectivity index (χ2n) is 4.89. The Kier molecular flexibility index (Phi) is 4.50. The molecule has 2 aromatic rings. The molecule has 0 saturated heterocycles. The van der Waals surface area contributed by atoms with Crippen LogP contribution < -0.4 is 10.6 Å². The molecule has 0 aliphatic carbocycles. The first-order valence-electron chi connectivity index (χ1n) is 6.63. The van der Waals surface area contributed by atoms with Crippen molar-refractivity contribution < 1.29 is 4.39 Å². The number of aromatic nitrogens is 2. The van der Waals surface area contributed by atoms with Crippen LogP contribution in [0, 0.1) is 5.82 Å². The van der Waals surface area contributed by atoms with Gasteiger partial charge in [0.05, 0.1) is 6.20 Å². The molecule has 0 fully saturated rings. The Hall–Kier alpha value is -2.17. The van der Waals surface area contributed by atoms with Gasteiger partial charge in [-0.3, -0.25) is 0 Å². The minimum atomic E-state index is -0.456. The van der Waals surface area contributed by atoms with Gasteiger partial charge in [-0.15, -0.1) is 0 Å². The molecule has 0 bridgehead atoms. The lowest BCUT2D eigenvalue weighted by Gasteiger charge is -2.09. The van der Waals surface area contributed by atoms with E-state index in [4.69, 9.17) is 0 Å². The van der Waals surface area contributed by atoms with Crippen molar-refractivity contribution in [2.24, 2.45) is 0 Å². The molecule has 1 aromatic heterocycles. The van der Waals surface area contributed by atoms with E-state index in [0.717, 1.165) is 11.8 Å². The first-order valence-corrected chi connectivity index (χ1v) is 6.63. The molecule has 0 unspecified atom stereocenters. The molecule has 1 aromatic carbocycles. The Morgan fingerprint density at radius 2 is 1.90 bits per heavy atom. The summed E-state index contributed by atoms with van der Waals surface area (Å²) in [5.41, 5.74) is 2.37. The van der Waals surface area contributed by atoms with Gasteiger partial charge in [0.25, 0.3) is 0 Å². The number of halogens is 1. The molecule has 4 nitrogen and oxygen atoms in total. The average molecular weight is 274 g/mol. The zero-order chi connectivity index (χ0) is 14.5. The lowest BCUT2D eigenvalue weighted by Crippen LogP contribution is -2.06. The first kappa shape index (κ1) is 14.2. The van der Waals surface area contributed by atoms with Crippen molar-refractivity contribution in [2.75, 3.05) is 17.7 Å². The standard InChI is InChI=1S/C15H19FN4/c1-10(2)12-6-4-11(5-7-12)8-18-14-13(16)9-19-15(17-3)20-14/h4-7,9-10H,8H2,1-3H3,(H2,17,18,19,20). The third-order valence-corrected chi connectivity index (χ3v) is 3.07. The highest BCUT2D eigenvalue weighted by Crippen LogP contribution is 2.16. The number of nitrogens with zero attached hydrogens (tertiary/aromatic N) is 2. The van der Waals surface area contributed by atoms with Crippen LogP contribution in [0.15, 0.2) is 30.5 Å². The van der Waals surface area contributed by atoms with Crippen LogP contribution in [0.2, 0.25) is 0 Å². The Labute approximate surface area is 118 Å². The van der Waals surface area contributed by atoms with Crippen molar-refractivity contribution in [3.05, 3.63) is 47.4 Å². The van der Waals surface area contributed by atoms with Gasteiger partial charge in [-0.1, -0.05) is 38.1 Å². The van der Waals surface area contributed by atoms with Crippen molar-refractivity contribution in [3.63, 3.8) is 0 Å². The van der Waals surface area contributed by atoms with Crippen LogP contribution in [0.5, 0.6) is 0 Å². The monoisotopic (exact) mass is 274 g/mol. The smallest absolute Gasteiger partial charge is 0.224 e. The molecule has 2 rings (SSSR count). The van der Waals surface area contributed by atoms with Crippen LogP contribution in [0.4, 0.5) is 16.2 Å². The van der Waals surface area contributed by atoms with Crippen molar-refractivity contribution in [3.8, 4) is 0 Å². The highest BCUT2D eigenvalue weighted by molar-refractivity contribution is 5.41. The molecule has 0 saturated carbocycles. The Balaban J connectivity index is 2.04. The summed E-state index contributed by atoms with van der Waals surface area (Å²) in [6, 6.07) is 8.27. The van der Waals surface area contributed by atoms with E-state index in [0.29, 0.717) is 18.4 Å². The quantitative estimate of drug-likeness (QED) is 0.877. The van der Waals surface area contributed by atoms with E-state index in [1.807, 2.05) is 12.1 Å². The third-order valence-electron chi connectivity index (χ3n) is 3.07. The molecule has 0 radical (unpaired) electrons. The molecule has 0 aliphatic heterocycles. The zero-order valence-corrected chi connectivity index (χ0v) is 11.9. The molecule has 0 atom stereocenters. The van der Waals surface area contributed by atoms with E-state index >= 15 is 0 Å². The number of hydrogen-bond donors (Lipinski definition) is 2. The van der Waals surface area contributed by atoms with E-state index in [-0.39, 0.29) is 5.82 Å². The van der Waals surface area contributed by atoms with Crippen molar-refractivity contribution in [1.29, 1.82) is 0 Å². The Morgan fingerprint density at radius 3 is 2.50 bits per heavy atom. The maximum Gasteiger partial charge on any atom is 0.224 e. The lowest BCUT2D eigenvalue weighted by atomic mass is 10.0. The van der Waals surface area contributed by atoms with Crippen LogP contribution in [-0.2, 0) is 6.54 Å². The SMILES string of the molecule is CNc1ncc(F)c(NCc2ccc(C(C)C)cc2)n1. The van der Waals surface area contributed by atoms with E-state index in [2.05, 4.69) is 46.6 Å². The van der Waals surface area contributed by atoms with E-state index < -0.39 is 5.82 Å². The summed E-state index contributed by atoms with van der Waals surface area (Å²) in [7, 11) is 1.70. The van der Waals surface area contributed by atoms with Crippen LogP contribution >= 0.6 is 0 Å². The van der Waals surface area contributed by atoms with Gasteiger partial charge in [-0.05, 0) is 17.0 Å². The summed E-state index contributed by atoms with van der Waals surface area (Å²) in [5.74, 6) is 0.652. The second-order valence-corrected chi connectivity index (χ2v) is 4.89. The summed E-state index contributed by atoms with van der Waals surface area (Å²) >= 11 is 0.